The Morgan fingerprint density at radius 2 is 2.22 bits per heavy atom. The topological polar surface area (TPSA) is 70.2 Å². The highest BCUT2D eigenvalue weighted by molar-refractivity contribution is 5.97. The van der Waals surface area contributed by atoms with Crippen LogP contribution in [0.3, 0.4) is 0 Å². The maximum Gasteiger partial charge on any atom is 0.251 e. The van der Waals surface area contributed by atoms with Crippen molar-refractivity contribution in [2.45, 2.75) is 12.8 Å². The van der Waals surface area contributed by atoms with E-state index >= 15 is 0 Å². The summed E-state index contributed by atoms with van der Waals surface area (Å²) in [6.07, 6.45) is 2.06. The highest BCUT2D eigenvalue weighted by atomic mass is 16.2. The van der Waals surface area contributed by atoms with Crippen LogP contribution in [-0.2, 0) is 11.2 Å². The van der Waals surface area contributed by atoms with Crippen LogP contribution in [0, 0.1) is 0 Å². The molecule has 96 valence electrons. The van der Waals surface area contributed by atoms with Crippen molar-refractivity contribution >= 4 is 17.5 Å². The van der Waals surface area contributed by atoms with Gasteiger partial charge in [0, 0.05) is 24.8 Å². The molecule has 18 heavy (non-hydrogen) atoms. The summed E-state index contributed by atoms with van der Waals surface area (Å²) in [6, 6.07) is 5.58. The number of carbonyl (C=O) groups excluding carboxylic acids is 2. The second-order valence-corrected chi connectivity index (χ2v) is 4.26. The van der Waals surface area contributed by atoms with Gasteiger partial charge in [-0.1, -0.05) is 0 Å². The minimum absolute atomic E-state index is 0.00463. The minimum atomic E-state index is -0.216. The number of hydrogen-bond donors (Lipinski definition) is 3. The number of aryl methyl sites for hydroxylation is 1. The second kappa shape index (κ2) is 5.53. The van der Waals surface area contributed by atoms with E-state index in [9.17, 15) is 9.59 Å². The Morgan fingerprint density at radius 1 is 1.39 bits per heavy atom. The van der Waals surface area contributed by atoms with Crippen molar-refractivity contribution in [3.63, 3.8) is 0 Å². The molecule has 0 fully saturated rings. The quantitative estimate of drug-likeness (QED) is 0.729. The molecule has 0 saturated carbocycles. The van der Waals surface area contributed by atoms with Crippen LogP contribution in [0.25, 0.3) is 0 Å². The summed E-state index contributed by atoms with van der Waals surface area (Å²) in [6.45, 7) is 0.986. The number of anilines is 1. The van der Waals surface area contributed by atoms with Gasteiger partial charge >= 0.3 is 0 Å². The molecular weight excluding hydrogens is 230 g/mol. The Labute approximate surface area is 106 Å². The molecule has 0 atom stereocenters. The molecule has 1 aliphatic heterocycles. The van der Waals surface area contributed by atoms with E-state index in [1.807, 2.05) is 12.1 Å². The Bertz CT molecular complexity index is 471. The largest absolute Gasteiger partial charge is 0.385 e. The van der Waals surface area contributed by atoms with Crippen molar-refractivity contribution in [1.82, 2.24) is 10.6 Å². The molecule has 3 N–H and O–H groups in total. The van der Waals surface area contributed by atoms with Crippen LogP contribution in [0.5, 0.6) is 0 Å². The van der Waals surface area contributed by atoms with Gasteiger partial charge in [0.1, 0.15) is 0 Å². The number of benzene rings is 1. The van der Waals surface area contributed by atoms with Crippen LogP contribution in [0.15, 0.2) is 18.2 Å². The smallest absolute Gasteiger partial charge is 0.251 e. The van der Waals surface area contributed by atoms with Crippen LogP contribution < -0.4 is 16.0 Å². The zero-order chi connectivity index (χ0) is 13.0. The average Bonchev–Trinajstić information content (AvgIpc) is 2.43. The van der Waals surface area contributed by atoms with Gasteiger partial charge in [-0.25, -0.2) is 0 Å². The zero-order valence-electron chi connectivity index (χ0n) is 10.4. The molecule has 5 nitrogen and oxygen atoms in total. The summed E-state index contributed by atoms with van der Waals surface area (Å²) in [5.41, 5.74) is 2.86. The van der Waals surface area contributed by atoms with Crippen molar-refractivity contribution in [2.75, 3.05) is 25.5 Å². The van der Waals surface area contributed by atoms with Gasteiger partial charge in [0.15, 0.2) is 0 Å². The fraction of sp³-hybridized carbons (Fsp3) is 0.385. The summed E-state index contributed by atoms with van der Waals surface area (Å²) in [4.78, 5) is 22.9. The number of fused-ring (bicyclic) bond motifs is 1. The van der Waals surface area contributed by atoms with Gasteiger partial charge in [-0.15, -0.1) is 0 Å². The molecule has 1 aliphatic rings. The van der Waals surface area contributed by atoms with Crippen molar-refractivity contribution in [3.8, 4) is 0 Å². The van der Waals surface area contributed by atoms with Crippen molar-refractivity contribution in [3.05, 3.63) is 29.3 Å². The number of hydrogen-bond acceptors (Lipinski definition) is 3. The SMILES string of the molecule is CNC(=O)CNC(=O)c1ccc2c(c1)CCCN2. The van der Waals surface area contributed by atoms with Gasteiger partial charge in [0.05, 0.1) is 6.54 Å². The van der Waals surface area contributed by atoms with E-state index in [1.54, 1.807) is 13.1 Å². The number of nitrogens with one attached hydrogen (secondary N) is 3. The van der Waals surface area contributed by atoms with Crippen LogP contribution in [0.4, 0.5) is 5.69 Å². The number of rotatable bonds is 3. The first-order valence-corrected chi connectivity index (χ1v) is 6.06. The highest BCUT2D eigenvalue weighted by Crippen LogP contribution is 2.22. The van der Waals surface area contributed by atoms with E-state index in [0.29, 0.717) is 5.56 Å². The van der Waals surface area contributed by atoms with Crippen LogP contribution in [0.2, 0.25) is 0 Å². The first-order valence-electron chi connectivity index (χ1n) is 6.06. The molecule has 1 aromatic rings. The van der Waals surface area contributed by atoms with E-state index in [1.165, 1.54) is 0 Å². The normalized spacial score (nSPS) is 13.2. The molecule has 1 heterocycles. The molecule has 0 aliphatic carbocycles. The molecular formula is C13H17N3O2. The maximum absolute atomic E-state index is 11.8. The van der Waals surface area contributed by atoms with Crippen molar-refractivity contribution in [2.24, 2.45) is 0 Å². The molecule has 0 spiro atoms. The van der Waals surface area contributed by atoms with Gasteiger partial charge in [-0.05, 0) is 36.6 Å². The van der Waals surface area contributed by atoms with Crippen LogP contribution in [0.1, 0.15) is 22.3 Å². The first-order chi connectivity index (χ1) is 8.70. The van der Waals surface area contributed by atoms with Crippen LogP contribution in [-0.4, -0.2) is 32.0 Å². The molecule has 2 amide bonds. The lowest BCUT2D eigenvalue weighted by molar-refractivity contribution is -0.119. The van der Waals surface area contributed by atoms with Gasteiger partial charge in [0.2, 0.25) is 5.91 Å². The lowest BCUT2D eigenvalue weighted by atomic mass is 10.0. The van der Waals surface area contributed by atoms with Gasteiger partial charge in [-0.2, -0.15) is 0 Å². The lowest BCUT2D eigenvalue weighted by Crippen LogP contribution is -2.35. The van der Waals surface area contributed by atoms with E-state index in [2.05, 4.69) is 16.0 Å². The number of likely N-dealkylation sites (N-methyl/N-ethyl adjacent to an activating group) is 1. The van der Waals surface area contributed by atoms with Gasteiger partial charge < -0.3 is 16.0 Å². The fourth-order valence-electron chi connectivity index (χ4n) is 1.97. The highest BCUT2D eigenvalue weighted by Gasteiger charge is 2.12. The van der Waals surface area contributed by atoms with Crippen molar-refractivity contribution in [1.29, 1.82) is 0 Å². The predicted octanol–water partition coefficient (Wildman–Crippen LogP) is 0.520. The lowest BCUT2D eigenvalue weighted by Gasteiger charge is -2.18. The number of carbonyl (C=O) groups is 2. The van der Waals surface area contributed by atoms with E-state index in [0.717, 1.165) is 30.6 Å². The maximum atomic E-state index is 11.8. The Balaban J connectivity index is 2.04. The van der Waals surface area contributed by atoms with E-state index in [-0.39, 0.29) is 18.4 Å². The summed E-state index contributed by atoms with van der Waals surface area (Å²) >= 11 is 0. The van der Waals surface area contributed by atoms with Crippen LogP contribution >= 0.6 is 0 Å². The molecule has 0 bridgehead atoms. The first kappa shape index (κ1) is 12.4. The summed E-state index contributed by atoms with van der Waals surface area (Å²) in [5, 5.41) is 8.34. The third kappa shape index (κ3) is 2.80. The molecule has 5 heteroatoms. The fourth-order valence-corrected chi connectivity index (χ4v) is 1.97. The third-order valence-electron chi connectivity index (χ3n) is 2.99. The van der Waals surface area contributed by atoms with Crippen molar-refractivity contribution < 1.29 is 9.59 Å². The summed E-state index contributed by atoms with van der Waals surface area (Å²) < 4.78 is 0. The summed E-state index contributed by atoms with van der Waals surface area (Å²) in [7, 11) is 1.54. The average molecular weight is 247 g/mol. The summed E-state index contributed by atoms with van der Waals surface area (Å²) in [5.74, 6) is -0.421. The Kier molecular flexibility index (Phi) is 3.82. The Morgan fingerprint density at radius 3 is 3.00 bits per heavy atom. The molecule has 0 aromatic heterocycles. The predicted molar refractivity (Wildman–Crippen MR) is 69.7 cm³/mol. The van der Waals surface area contributed by atoms with E-state index < -0.39 is 0 Å². The van der Waals surface area contributed by atoms with Gasteiger partial charge in [-0.3, -0.25) is 9.59 Å². The van der Waals surface area contributed by atoms with E-state index in [4.69, 9.17) is 0 Å². The zero-order valence-corrected chi connectivity index (χ0v) is 10.4. The molecule has 2 rings (SSSR count). The Hall–Kier alpha value is -2.04. The third-order valence-corrected chi connectivity index (χ3v) is 2.99. The standard InChI is InChI=1S/C13H17N3O2/c1-14-12(17)8-16-13(18)10-4-5-11-9(7-10)3-2-6-15-11/h4-5,7,15H,2-3,6,8H2,1H3,(H,14,17)(H,16,18). The van der Waals surface area contributed by atoms with Gasteiger partial charge in [0.25, 0.3) is 5.91 Å². The molecule has 0 saturated heterocycles. The molecule has 0 radical (unpaired) electrons. The monoisotopic (exact) mass is 247 g/mol. The molecule has 0 unspecified atom stereocenters. The second-order valence-electron chi connectivity index (χ2n) is 4.26. The molecule has 1 aromatic carbocycles. The number of amides is 2. The minimum Gasteiger partial charge on any atom is -0.385 e.